The van der Waals surface area contributed by atoms with E-state index in [-0.39, 0.29) is 6.61 Å². The maximum absolute atomic E-state index is 15.2. The third kappa shape index (κ3) is 12.6. The van der Waals surface area contributed by atoms with E-state index < -0.39 is 180 Å². The van der Waals surface area contributed by atoms with E-state index in [9.17, 15) is 33.6 Å². The SMILES string of the molecule is CCCCCCCCO[C@]1(C(=O)OC)C[C@@H]2OC(=O)N(C(C)=O)[C@H]2[C@H](C2OC(=O)OCC2OC2(C(=O)OC)C[C@@H]3OC(=O)N(C(=O)CO[Si](c4ccccc4)(c4ccccc4)C(C)(C)C)[C@H]3[C@H]([C@H]3OC(=O)OCC3O[Si](C)(C)C(C)(C)C)O2)O1. The van der Waals surface area contributed by atoms with Crippen molar-refractivity contribution in [1.29, 1.82) is 0 Å². The molecule has 6 heterocycles. The normalized spacial score (nSPS) is 29.9. The van der Waals surface area contributed by atoms with Crippen LogP contribution in [0, 0.1) is 0 Å². The lowest BCUT2D eigenvalue weighted by Crippen LogP contribution is -2.71. The van der Waals surface area contributed by atoms with E-state index in [0.29, 0.717) is 6.42 Å². The molecule has 0 aromatic heterocycles. The van der Waals surface area contributed by atoms with Crippen LogP contribution in [0.25, 0.3) is 0 Å². The van der Waals surface area contributed by atoms with Gasteiger partial charge in [-0.25, -0.2) is 38.6 Å². The smallest absolute Gasteiger partial charge is 0.465 e. The number of carbonyl (C=O) groups is 8. The van der Waals surface area contributed by atoms with Crippen LogP contribution in [0.1, 0.15) is 107 Å². The van der Waals surface area contributed by atoms with E-state index in [2.05, 4.69) is 6.92 Å². The molecule has 2 aromatic rings. The van der Waals surface area contributed by atoms with Gasteiger partial charge in [-0.3, -0.25) is 9.59 Å². The quantitative estimate of drug-likeness (QED) is 0.0554. The van der Waals surface area contributed by atoms with Gasteiger partial charge in [-0.05, 0) is 40.0 Å². The second-order valence-corrected chi connectivity index (χ2v) is 33.5. The van der Waals surface area contributed by atoms with Gasteiger partial charge in [0.15, 0.2) is 20.5 Å². The van der Waals surface area contributed by atoms with Gasteiger partial charge in [0.25, 0.3) is 25.8 Å². The lowest BCUT2D eigenvalue weighted by atomic mass is 9.86. The molecule has 6 saturated heterocycles. The first-order valence-corrected chi connectivity index (χ1v) is 33.5. The van der Waals surface area contributed by atoms with Crippen LogP contribution in [0.3, 0.4) is 0 Å². The zero-order valence-electron chi connectivity index (χ0n) is 49.9. The largest absolute Gasteiger partial charge is 0.508 e. The van der Waals surface area contributed by atoms with Crippen LogP contribution in [0.5, 0.6) is 0 Å². The molecule has 2 aromatic carbocycles. The van der Waals surface area contributed by atoms with Gasteiger partial charge >= 0.3 is 36.4 Å². The summed E-state index contributed by atoms with van der Waals surface area (Å²) in [5.41, 5.74) is 0. The van der Waals surface area contributed by atoms with Gasteiger partial charge in [0, 0.05) is 6.92 Å². The fourth-order valence-electron chi connectivity index (χ4n) is 11.9. The van der Waals surface area contributed by atoms with Crippen molar-refractivity contribution >= 4 is 75.3 Å². The lowest BCUT2D eigenvalue weighted by Gasteiger charge is -2.51. The molecule has 8 rings (SSSR count). The Bertz CT molecular complexity index is 2700. The highest BCUT2D eigenvalue weighted by Gasteiger charge is 2.69. The Morgan fingerprint density at radius 1 is 0.619 bits per heavy atom. The van der Waals surface area contributed by atoms with Crippen molar-refractivity contribution in [3.8, 4) is 0 Å². The predicted molar refractivity (Wildman–Crippen MR) is 298 cm³/mol. The summed E-state index contributed by atoms with van der Waals surface area (Å²) in [5.74, 6) is -9.05. The van der Waals surface area contributed by atoms with Crippen molar-refractivity contribution in [2.24, 2.45) is 0 Å². The summed E-state index contributed by atoms with van der Waals surface area (Å²) < 4.78 is 85.7. The first-order chi connectivity index (χ1) is 39.7. The molecule has 4 amide bonds. The Morgan fingerprint density at radius 2 is 1.10 bits per heavy atom. The van der Waals surface area contributed by atoms with Gasteiger partial charge < -0.3 is 65.7 Å². The summed E-state index contributed by atoms with van der Waals surface area (Å²) in [4.78, 5) is 114. The molecule has 6 aliphatic rings. The molecule has 26 heteroatoms. The number of rotatable bonds is 21. The molecule has 462 valence electrons. The van der Waals surface area contributed by atoms with Crippen molar-refractivity contribution in [2.45, 2.75) is 202 Å². The van der Waals surface area contributed by atoms with E-state index in [1.165, 1.54) is 0 Å². The van der Waals surface area contributed by atoms with E-state index in [0.717, 1.165) is 73.4 Å². The van der Waals surface area contributed by atoms with E-state index in [1.807, 2.05) is 115 Å². The highest BCUT2D eigenvalue weighted by molar-refractivity contribution is 6.99. The van der Waals surface area contributed by atoms with Crippen molar-refractivity contribution in [1.82, 2.24) is 9.80 Å². The number of hydrogen-bond donors (Lipinski definition) is 0. The van der Waals surface area contributed by atoms with Gasteiger partial charge in [-0.15, -0.1) is 0 Å². The molecule has 12 atom stereocenters. The first-order valence-electron chi connectivity index (χ1n) is 28.6. The van der Waals surface area contributed by atoms with Crippen LogP contribution in [-0.4, -0.2) is 188 Å². The van der Waals surface area contributed by atoms with Gasteiger partial charge in [-0.1, -0.05) is 141 Å². The average Bonchev–Trinajstić information content (AvgIpc) is 2.06. The minimum absolute atomic E-state index is 0.0346. The summed E-state index contributed by atoms with van der Waals surface area (Å²) >= 11 is 0. The Balaban J connectivity index is 1.21. The maximum Gasteiger partial charge on any atom is 0.508 e. The second-order valence-electron chi connectivity index (χ2n) is 24.5. The number of benzene rings is 2. The molecule has 0 N–H and O–H groups in total. The molecule has 24 nitrogen and oxygen atoms in total. The summed E-state index contributed by atoms with van der Waals surface area (Å²) in [5, 5.41) is 0.651. The number of imide groups is 2. The highest BCUT2D eigenvalue weighted by Crippen LogP contribution is 2.48. The third-order valence-electron chi connectivity index (χ3n) is 17.0. The van der Waals surface area contributed by atoms with Crippen LogP contribution < -0.4 is 10.4 Å². The molecule has 0 spiro atoms. The van der Waals surface area contributed by atoms with Crippen LogP contribution in [-0.2, 0) is 84.9 Å². The van der Waals surface area contributed by atoms with Gasteiger partial charge in [0.1, 0.15) is 68.5 Å². The molecule has 4 unspecified atom stereocenters. The number of cyclic esters (lactones) is 4. The summed E-state index contributed by atoms with van der Waals surface area (Å²) in [6.45, 7) is 17.3. The summed E-state index contributed by atoms with van der Waals surface area (Å²) in [7, 11) is -4.18. The van der Waals surface area contributed by atoms with Crippen LogP contribution in [0.2, 0.25) is 23.2 Å². The van der Waals surface area contributed by atoms with Gasteiger partial charge in [-0.2, -0.15) is 0 Å². The fraction of sp³-hybridized carbons (Fsp3) is 0.655. The standard InChI is InChI=1S/C58H80N2O22Si2/c1-13-14-15-16-17-24-29-73-57(49(63)69-9)30-38-43(59(35(2)61)51(65)75-38)47(80-57)45-40(32-71-53(67)77-45)79-58(50(64)70-10)31-39-44(48(81-58)46-41(33-72-54(68)78-46)82-83(11,12)55(3,4)5)60(52(66)76-39)42(62)34-74-84(56(6,7)8,36-25-20-18-21-26-36)37-27-22-19-23-28-37/h18-23,25-28,38-41,43-48H,13-17,24,29-34H2,1-12H3/t38-,39-,40?,41?,43+,44+,45?,46-,47+,48+,57+,58?/m0/s1. The Morgan fingerprint density at radius 3 is 1.62 bits per heavy atom. The van der Waals surface area contributed by atoms with Gasteiger partial charge in [0.05, 0.1) is 33.7 Å². The topological polar surface area (TPSA) is 272 Å². The molecular weight excluding hydrogens is 1130 g/mol. The number of amides is 4. The second kappa shape index (κ2) is 25.5. The van der Waals surface area contributed by atoms with Crippen molar-refractivity contribution in [3.63, 3.8) is 0 Å². The maximum atomic E-state index is 15.2. The lowest BCUT2D eigenvalue weighted by molar-refractivity contribution is -0.351. The number of fused-ring (bicyclic) bond motifs is 2. The van der Waals surface area contributed by atoms with Crippen LogP contribution in [0.4, 0.5) is 19.2 Å². The van der Waals surface area contributed by atoms with E-state index >= 15 is 4.79 Å². The van der Waals surface area contributed by atoms with Gasteiger partial charge in [0.2, 0.25) is 5.91 Å². The molecular formula is C58H80N2O22Si2. The number of esters is 2. The molecule has 0 saturated carbocycles. The first kappa shape index (κ1) is 64.0. The number of carbonyl (C=O) groups excluding carboxylic acids is 8. The van der Waals surface area contributed by atoms with Crippen molar-refractivity contribution in [2.75, 3.05) is 40.6 Å². The van der Waals surface area contributed by atoms with Crippen molar-refractivity contribution < 1.29 is 104 Å². The molecule has 0 bridgehead atoms. The number of nitrogens with zero attached hydrogens (tertiary/aromatic N) is 2. The summed E-state index contributed by atoms with van der Waals surface area (Å²) in [6.07, 6.45) is -13.5. The number of hydrogen-bond acceptors (Lipinski definition) is 22. The average molecular weight is 1210 g/mol. The molecule has 0 radical (unpaired) electrons. The zero-order valence-corrected chi connectivity index (χ0v) is 51.9. The third-order valence-corrected chi connectivity index (χ3v) is 26.4. The monoisotopic (exact) mass is 1210 g/mol. The number of unbranched alkanes of at least 4 members (excludes halogenated alkanes) is 5. The molecule has 84 heavy (non-hydrogen) atoms. The van der Waals surface area contributed by atoms with Crippen LogP contribution in [0.15, 0.2) is 60.7 Å². The Labute approximate surface area is 491 Å². The molecule has 0 aliphatic carbocycles. The van der Waals surface area contributed by atoms with E-state index in [4.69, 9.17) is 65.7 Å². The predicted octanol–water partition coefficient (Wildman–Crippen LogP) is 6.55. The van der Waals surface area contributed by atoms with Crippen molar-refractivity contribution in [3.05, 3.63) is 60.7 Å². The Kier molecular flexibility index (Phi) is 19.4. The van der Waals surface area contributed by atoms with E-state index in [1.54, 1.807) is 0 Å². The minimum atomic E-state index is -3.44. The number of ether oxygens (including phenoxy) is 12. The Hall–Kier alpha value is -6.01. The molecule has 6 aliphatic heterocycles. The number of methoxy groups -OCH3 is 2. The highest BCUT2D eigenvalue weighted by atomic mass is 28.4. The zero-order chi connectivity index (χ0) is 61.2. The fourth-order valence-corrected chi connectivity index (χ4v) is 17.7. The van der Waals surface area contributed by atoms with Crippen LogP contribution >= 0.6 is 0 Å². The summed E-state index contributed by atoms with van der Waals surface area (Å²) in [6, 6.07) is 16.1. The minimum Gasteiger partial charge on any atom is -0.465 e. The molecule has 6 fully saturated rings.